The molecule has 2 aromatic heterocycles. The first-order valence-electron chi connectivity index (χ1n) is 9.91. The predicted octanol–water partition coefficient (Wildman–Crippen LogP) is 4.05. The minimum atomic E-state index is -0.248. The van der Waals surface area contributed by atoms with Gasteiger partial charge in [-0.3, -0.25) is 4.79 Å². The number of anilines is 1. The normalized spacial score (nSPS) is 11.9. The molecule has 3 heterocycles. The van der Waals surface area contributed by atoms with Crippen molar-refractivity contribution < 1.29 is 19.0 Å². The number of ether oxygens (including phenoxy) is 3. The summed E-state index contributed by atoms with van der Waals surface area (Å²) >= 11 is 0. The van der Waals surface area contributed by atoms with E-state index in [1.54, 1.807) is 59.3 Å². The fraction of sp³-hybridized carbons (Fsp3) is 0.130. The van der Waals surface area contributed by atoms with Crippen LogP contribution in [0.1, 0.15) is 21.7 Å². The minimum absolute atomic E-state index is 0.164. The second kappa shape index (κ2) is 8.03. The highest BCUT2D eigenvalue weighted by Gasteiger charge is 2.16. The Balaban J connectivity index is 1.23. The lowest BCUT2D eigenvalue weighted by molar-refractivity contribution is 0.102. The molecule has 0 saturated carbocycles. The van der Waals surface area contributed by atoms with Gasteiger partial charge in [0.05, 0.1) is 5.69 Å². The van der Waals surface area contributed by atoms with Gasteiger partial charge in [-0.15, -0.1) is 10.2 Å². The summed E-state index contributed by atoms with van der Waals surface area (Å²) in [7, 11) is 0. The molecule has 0 aliphatic carbocycles. The standard InChI is InChI=1S/C23H19N5O4/c1-14-11-15(2)28(27-14)21-9-10-22(26-25-21)32-18-6-4-17(5-7-18)24-23(29)16-3-8-19-20(12-16)31-13-30-19/h3-12H,13H2,1-2H3,(H,24,29). The number of nitrogens with zero attached hydrogens (tertiary/aromatic N) is 4. The molecule has 9 nitrogen and oxygen atoms in total. The molecule has 0 atom stereocenters. The van der Waals surface area contributed by atoms with Crippen LogP contribution in [0, 0.1) is 13.8 Å². The van der Waals surface area contributed by atoms with Crippen LogP contribution in [0.5, 0.6) is 23.1 Å². The topological polar surface area (TPSA) is 100 Å². The molecular formula is C23H19N5O4. The minimum Gasteiger partial charge on any atom is -0.454 e. The number of carbonyl (C=O) groups is 1. The smallest absolute Gasteiger partial charge is 0.255 e. The lowest BCUT2D eigenvalue weighted by Gasteiger charge is -2.08. The average molecular weight is 429 g/mol. The fourth-order valence-electron chi connectivity index (χ4n) is 3.31. The number of fused-ring (bicyclic) bond motifs is 1. The molecule has 9 heteroatoms. The Labute approximate surface area is 183 Å². The molecule has 1 aliphatic heterocycles. The van der Waals surface area contributed by atoms with Gasteiger partial charge < -0.3 is 19.5 Å². The molecule has 5 rings (SSSR count). The van der Waals surface area contributed by atoms with E-state index in [-0.39, 0.29) is 12.7 Å². The summed E-state index contributed by atoms with van der Waals surface area (Å²) in [4.78, 5) is 12.5. The Morgan fingerprint density at radius 2 is 1.78 bits per heavy atom. The molecule has 0 fully saturated rings. The lowest BCUT2D eigenvalue weighted by Crippen LogP contribution is -2.11. The van der Waals surface area contributed by atoms with Crippen molar-refractivity contribution in [1.82, 2.24) is 20.0 Å². The van der Waals surface area contributed by atoms with Gasteiger partial charge in [0.2, 0.25) is 12.7 Å². The van der Waals surface area contributed by atoms with E-state index in [0.29, 0.717) is 40.2 Å². The van der Waals surface area contributed by atoms with Gasteiger partial charge in [-0.05, 0) is 68.4 Å². The lowest BCUT2D eigenvalue weighted by atomic mass is 10.2. The number of benzene rings is 2. The predicted molar refractivity (Wildman–Crippen MR) is 116 cm³/mol. The third kappa shape index (κ3) is 3.95. The van der Waals surface area contributed by atoms with Gasteiger partial charge in [-0.2, -0.15) is 5.10 Å². The number of nitrogens with one attached hydrogen (secondary N) is 1. The van der Waals surface area contributed by atoms with Crippen LogP contribution in [0.2, 0.25) is 0 Å². The van der Waals surface area contributed by atoms with E-state index in [2.05, 4.69) is 20.6 Å². The Hall–Kier alpha value is -4.40. The molecule has 0 radical (unpaired) electrons. The zero-order valence-electron chi connectivity index (χ0n) is 17.4. The van der Waals surface area contributed by atoms with E-state index in [0.717, 1.165) is 11.4 Å². The molecule has 0 bridgehead atoms. The second-order valence-corrected chi connectivity index (χ2v) is 7.22. The maximum Gasteiger partial charge on any atom is 0.255 e. The third-order valence-electron chi connectivity index (χ3n) is 4.82. The van der Waals surface area contributed by atoms with Crippen LogP contribution in [0.3, 0.4) is 0 Å². The van der Waals surface area contributed by atoms with E-state index < -0.39 is 0 Å². The highest BCUT2D eigenvalue weighted by Crippen LogP contribution is 2.32. The van der Waals surface area contributed by atoms with Crippen molar-refractivity contribution in [3.05, 3.63) is 77.6 Å². The fourth-order valence-corrected chi connectivity index (χ4v) is 3.31. The molecule has 2 aromatic carbocycles. The molecule has 1 N–H and O–H groups in total. The van der Waals surface area contributed by atoms with E-state index in [9.17, 15) is 4.79 Å². The largest absolute Gasteiger partial charge is 0.454 e. The second-order valence-electron chi connectivity index (χ2n) is 7.22. The van der Waals surface area contributed by atoms with Gasteiger partial charge in [0, 0.05) is 23.0 Å². The monoisotopic (exact) mass is 429 g/mol. The maximum absolute atomic E-state index is 12.5. The maximum atomic E-state index is 12.5. The molecule has 32 heavy (non-hydrogen) atoms. The molecule has 1 aliphatic rings. The van der Waals surface area contributed by atoms with Gasteiger partial charge in [-0.25, -0.2) is 4.68 Å². The molecular weight excluding hydrogens is 410 g/mol. The van der Waals surface area contributed by atoms with Gasteiger partial charge >= 0.3 is 0 Å². The Morgan fingerprint density at radius 1 is 0.969 bits per heavy atom. The third-order valence-corrected chi connectivity index (χ3v) is 4.82. The quantitative estimate of drug-likeness (QED) is 0.511. The summed E-state index contributed by atoms with van der Waals surface area (Å²) in [5.41, 5.74) is 3.00. The van der Waals surface area contributed by atoms with Gasteiger partial charge in [0.25, 0.3) is 5.91 Å². The molecule has 4 aromatic rings. The van der Waals surface area contributed by atoms with Crippen LogP contribution < -0.4 is 19.5 Å². The van der Waals surface area contributed by atoms with Gasteiger partial charge in [-0.1, -0.05) is 0 Å². The highest BCUT2D eigenvalue weighted by molar-refractivity contribution is 6.04. The first kappa shape index (κ1) is 19.6. The van der Waals surface area contributed by atoms with E-state index in [1.165, 1.54) is 0 Å². The van der Waals surface area contributed by atoms with Crippen molar-refractivity contribution in [3.63, 3.8) is 0 Å². The van der Waals surface area contributed by atoms with Crippen LogP contribution in [0.15, 0.2) is 60.7 Å². The van der Waals surface area contributed by atoms with Crippen molar-refractivity contribution in [2.45, 2.75) is 13.8 Å². The first-order valence-corrected chi connectivity index (χ1v) is 9.91. The van der Waals surface area contributed by atoms with E-state index >= 15 is 0 Å². The average Bonchev–Trinajstić information content (AvgIpc) is 3.40. The van der Waals surface area contributed by atoms with Crippen LogP contribution in [-0.4, -0.2) is 32.7 Å². The molecule has 160 valence electrons. The number of aryl methyl sites for hydroxylation is 2. The zero-order valence-corrected chi connectivity index (χ0v) is 17.4. The number of carbonyl (C=O) groups excluding carboxylic acids is 1. The number of hydrogen-bond acceptors (Lipinski definition) is 7. The van der Waals surface area contributed by atoms with Crippen LogP contribution in [0.25, 0.3) is 5.82 Å². The molecule has 0 spiro atoms. The van der Waals surface area contributed by atoms with Crippen LogP contribution in [-0.2, 0) is 0 Å². The SMILES string of the molecule is Cc1cc(C)n(-c2ccc(Oc3ccc(NC(=O)c4ccc5c(c4)OCO5)cc3)nn2)n1. The molecule has 0 unspecified atom stereocenters. The van der Waals surface area contributed by atoms with Crippen LogP contribution >= 0.6 is 0 Å². The van der Waals surface area contributed by atoms with Crippen molar-refractivity contribution in [2.24, 2.45) is 0 Å². The number of rotatable bonds is 5. The Kier molecular flexibility index (Phi) is 4.91. The summed E-state index contributed by atoms with van der Waals surface area (Å²) in [5.74, 6) is 2.49. The first-order chi connectivity index (χ1) is 15.5. The Morgan fingerprint density at radius 3 is 2.50 bits per heavy atom. The Bertz CT molecular complexity index is 1280. The summed E-state index contributed by atoms with van der Waals surface area (Å²) in [5, 5.41) is 15.5. The summed E-state index contributed by atoms with van der Waals surface area (Å²) in [6.45, 7) is 4.05. The summed E-state index contributed by atoms with van der Waals surface area (Å²) < 4.78 is 18.1. The van der Waals surface area contributed by atoms with Crippen molar-refractivity contribution >= 4 is 11.6 Å². The van der Waals surface area contributed by atoms with Crippen LogP contribution in [0.4, 0.5) is 5.69 Å². The number of hydrogen-bond donors (Lipinski definition) is 1. The van der Waals surface area contributed by atoms with E-state index in [4.69, 9.17) is 14.2 Å². The van der Waals surface area contributed by atoms with Gasteiger partial charge in [0.15, 0.2) is 17.3 Å². The van der Waals surface area contributed by atoms with Gasteiger partial charge in [0.1, 0.15) is 5.75 Å². The van der Waals surface area contributed by atoms with Crippen molar-refractivity contribution in [2.75, 3.05) is 12.1 Å². The van der Waals surface area contributed by atoms with Crippen molar-refractivity contribution in [1.29, 1.82) is 0 Å². The number of amides is 1. The highest BCUT2D eigenvalue weighted by atomic mass is 16.7. The van der Waals surface area contributed by atoms with E-state index in [1.807, 2.05) is 19.9 Å². The summed E-state index contributed by atoms with van der Waals surface area (Å²) in [6.07, 6.45) is 0. The zero-order chi connectivity index (χ0) is 22.1. The van der Waals surface area contributed by atoms with Crippen molar-refractivity contribution in [3.8, 4) is 28.9 Å². The molecule has 0 saturated heterocycles. The molecule has 1 amide bonds. The number of aromatic nitrogens is 4. The summed E-state index contributed by atoms with van der Waals surface area (Å²) in [6, 6.07) is 17.5.